The highest BCUT2D eigenvalue weighted by Gasteiger charge is 2.55. The van der Waals surface area contributed by atoms with E-state index in [1.54, 1.807) is 19.1 Å². The summed E-state index contributed by atoms with van der Waals surface area (Å²) in [6.45, 7) is 1.67. The highest BCUT2D eigenvalue weighted by atomic mass is 79.9. The number of halogens is 3. The summed E-state index contributed by atoms with van der Waals surface area (Å²) in [6.07, 6.45) is -0.688. The topological polar surface area (TPSA) is 60.9 Å². The third kappa shape index (κ3) is 4.80. The molecule has 1 aliphatic heterocycles. The van der Waals surface area contributed by atoms with E-state index in [9.17, 15) is 14.7 Å². The van der Waals surface area contributed by atoms with Gasteiger partial charge in [-0.15, -0.1) is 0 Å². The average Bonchev–Trinajstić information content (AvgIpc) is 2.95. The fourth-order valence-electron chi connectivity index (χ4n) is 4.07. The Labute approximate surface area is 210 Å². The van der Waals surface area contributed by atoms with Crippen molar-refractivity contribution in [3.8, 4) is 0 Å². The third-order valence-corrected chi connectivity index (χ3v) is 6.75. The summed E-state index contributed by atoms with van der Waals surface area (Å²) >= 11 is 15.7. The van der Waals surface area contributed by atoms with Gasteiger partial charge in [-0.05, 0) is 48.4 Å². The number of rotatable bonds is 6. The fraction of sp³-hybridized carbons (Fsp3) is 0.200. The minimum atomic E-state index is -1.23. The Hall–Kier alpha value is -2.38. The molecule has 0 saturated carbocycles. The molecular formula is C25H21BrCl2N2O3. The summed E-state index contributed by atoms with van der Waals surface area (Å²) in [5, 5.41) is 11.5. The van der Waals surface area contributed by atoms with E-state index >= 15 is 0 Å². The van der Waals surface area contributed by atoms with Crippen molar-refractivity contribution in [3.63, 3.8) is 0 Å². The van der Waals surface area contributed by atoms with Gasteiger partial charge in [0.25, 0.3) is 5.91 Å². The molecule has 1 saturated heterocycles. The minimum Gasteiger partial charge on any atom is -0.387 e. The number of carbonyl (C=O) groups excluding carboxylic acids is 2. The lowest BCUT2D eigenvalue weighted by molar-refractivity contribution is -0.124. The van der Waals surface area contributed by atoms with E-state index in [0.717, 1.165) is 14.9 Å². The summed E-state index contributed by atoms with van der Waals surface area (Å²) in [5.74, 6) is -0.408. The first-order valence-electron chi connectivity index (χ1n) is 10.3. The van der Waals surface area contributed by atoms with E-state index in [1.165, 1.54) is 23.1 Å². The van der Waals surface area contributed by atoms with Gasteiger partial charge >= 0.3 is 6.03 Å². The van der Waals surface area contributed by atoms with E-state index in [-0.39, 0.29) is 13.0 Å². The monoisotopic (exact) mass is 546 g/mol. The molecule has 2 atom stereocenters. The fourth-order valence-corrected chi connectivity index (χ4v) is 4.85. The number of aliphatic hydroxyl groups excluding tert-OH is 1. The number of carbonyl (C=O) groups is 2. The second-order valence-electron chi connectivity index (χ2n) is 8.16. The lowest BCUT2D eigenvalue weighted by atomic mass is 9.90. The van der Waals surface area contributed by atoms with Crippen molar-refractivity contribution in [2.45, 2.75) is 25.0 Å². The number of amides is 3. The standard InChI is InChI=1S/C25H21BrCl2N2O3/c1-25(14-16-7-9-18(26)10-8-16)23(32)30(21-12-19(27)11-20(28)13-21)24(33)29(25)15-22(31)17-5-3-2-4-6-17/h2-13,22,31H,14-15H2,1H3/t22-,25+/m0/s1. The first-order chi connectivity index (χ1) is 15.7. The van der Waals surface area contributed by atoms with Crippen LogP contribution in [0, 0.1) is 0 Å². The smallest absolute Gasteiger partial charge is 0.332 e. The Kier molecular flexibility index (Phi) is 6.82. The molecule has 3 amide bonds. The summed E-state index contributed by atoms with van der Waals surface area (Å²) in [4.78, 5) is 29.9. The number of hydrogen-bond donors (Lipinski definition) is 1. The molecule has 8 heteroatoms. The number of anilines is 1. The van der Waals surface area contributed by atoms with Crippen LogP contribution in [0.2, 0.25) is 10.0 Å². The van der Waals surface area contributed by atoms with Gasteiger partial charge in [-0.25, -0.2) is 9.69 Å². The molecular weight excluding hydrogens is 527 g/mol. The Morgan fingerprint density at radius 3 is 2.18 bits per heavy atom. The molecule has 0 aromatic heterocycles. The summed E-state index contributed by atoms with van der Waals surface area (Å²) < 4.78 is 0.914. The van der Waals surface area contributed by atoms with Gasteiger partial charge in [0.2, 0.25) is 0 Å². The predicted octanol–water partition coefficient (Wildman–Crippen LogP) is 6.26. The van der Waals surface area contributed by atoms with Crippen LogP contribution in [0.5, 0.6) is 0 Å². The number of β-amino-alcohol motifs (C(OH)–C–C–N with tert-alkyl or cyclic N) is 1. The van der Waals surface area contributed by atoms with Crippen molar-refractivity contribution in [3.05, 3.63) is 98.4 Å². The second kappa shape index (κ2) is 9.47. The number of urea groups is 1. The highest BCUT2D eigenvalue weighted by molar-refractivity contribution is 9.10. The molecule has 0 radical (unpaired) electrons. The molecule has 5 nitrogen and oxygen atoms in total. The first kappa shape index (κ1) is 23.8. The lowest BCUT2D eigenvalue weighted by Gasteiger charge is -2.33. The summed E-state index contributed by atoms with van der Waals surface area (Å²) in [6, 6.07) is 20.7. The molecule has 170 valence electrons. The summed E-state index contributed by atoms with van der Waals surface area (Å²) in [5.41, 5.74) is 0.608. The molecule has 3 aromatic rings. The van der Waals surface area contributed by atoms with Gasteiger partial charge in [-0.1, -0.05) is 81.6 Å². The largest absolute Gasteiger partial charge is 0.387 e. The molecule has 3 aromatic carbocycles. The number of nitrogens with zero attached hydrogens (tertiary/aromatic N) is 2. The second-order valence-corrected chi connectivity index (χ2v) is 9.95. The normalized spacial score (nSPS) is 19.3. The van der Waals surface area contributed by atoms with Crippen LogP contribution in [0.25, 0.3) is 0 Å². The van der Waals surface area contributed by atoms with Crippen LogP contribution in [0.4, 0.5) is 10.5 Å². The van der Waals surface area contributed by atoms with Crippen LogP contribution in [-0.2, 0) is 11.2 Å². The SMILES string of the molecule is C[C@@]1(Cc2ccc(Br)cc2)C(=O)N(c2cc(Cl)cc(Cl)c2)C(=O)N1C[C@H](O)c1ccccc1. The molecule has 0 unspecified atom stereocenters. The van der Waals surface area contributed by atoms with Crippen LogP contribution in [0.15, 0.2) is 77.3 Å². The van der Waals surface area contributed by atoms with E-state index in [0.29, 0.717) is 21.3 Å². The van der Waals surface area contributed by atoms with Gasteiger partial charge in [0, 0.05) is 20.9 Å². The average molecular weight is 548 g/mol. The molecule has 0 bridgehead atoms. The van der Waals surface area contributed by atoms with E-state index in [4.69, 9.17) is 23.2 Å². The lowest BCUT2D eigenvalue weighted by Crippen LogP contribution is -2.50. The molecule has 4 rings (SSSR count). The van der Waals surface area contributed by atoms with Crippen molar-refractivity contribution in [2.75, 3.05) is 11.4 Å². The molecule has 0 spiro atoms. The quantitative estimate of drug-likeness (QED) is 0.370. The van der Waals surface area contributed by atoms with Crippen molar-refractivity contribution in [1.82, 2.24) is 4.90 Å². The predicted molar refractivity (Wildman–Crippen MR) is 134 cm³/mol. The van der Waals surface area contributed by atoms with Gasteiger partial charge in [-0.2, -0.15) is 0 Å². The Morgan fingerprint density at radius 1 is 0.970 bits per heavy atom. The van der Waals surface area contributed by atoms with Gasteiger partial charge < -0.3 is 10.0 Å². The van der Waals surface area contributed by atoms with Gasteiger partial charge in [0.15, 0.2) is 0 Å². The Balaban J connectivity index is 1.74. The number of imide groups is 1. The van der Waals surface area contributed by atoms with Gasteiger partial charge in [0.05, 0.1) is 18.3 Å². The first-order valence-corrected chi connectivity index (χ1v) is 11.8. The van der Waals surface area contributed by atoms with Crippen molar-refractivity contribution >= 4 is 56.8 Å². The van der Waals surface area contributed by atoms with Crippen LogP contribution >= 0.6 is 39.1 Å². The molecule has 1 fully saturated rings. The van der Waals surface area contributed by atoms with Gasteiger partial charge in [0.1, 0.15) is 5.54 Å². The molecule has 1 N–H and O–H groups in total. The molecule has 0 aliphatic carbocycles. The maximum absolute atomic E-state index is 13.7. The maximum Gasteiger partial charge on any atom is 0.332 e. The van der Waals surface area contributed by atoms with Crippen LogP contribution < -0.4 is 4.90 Å². The van der Waals surface area contributed by atoms with Crippen LogP contribution in [0.3, 0.4) is 0 Å². The number of benzene rings is 3. The molecule has 1 aliphatic rings. The van der Waals surface area contributed by atoms with Crippen molar-refractivity contribution in [1.29, 1.82) is 0 Å². The summed E-state index contributed by atoms with van der Waals surface area (Å²) in [7, 11) is 0. The maximum atomic E-state index is 13.7. The molecule has 1 heterocycles. The number of hydrogen-bond acceptors (Lipinski definition) is 3. The Morgan fingerprint density at radius 2 is 1.58 bits per heavy atom. The Bertz CT molecular complexity index is 1170. The zero-order valence-electron chi connectivity index (χ0n) is 17.7. The van der Waals surface area contributed by atoms with Crippen molar-refractivity contribution < 1.29 is 14.7 Å². The highest BCUT2D eigenvalue weighted by Crippen LogP contribution is 2.38. The van der Waals surface area contributed by atoms with E-state index < -0.39 is 23.6 Å². The van der Waals surface area contributed by atoms with Crippen LogP contribution in [-0.4, -0.2) is 34.0 Å². The zero-order chi connectivity index (χ0) is 23.8. The minimum absolute atomic E-state index is 0.0492. The van der Waals surface area contributed by atoms with Crippen molar-refractivity contribution in [2.24, 2.45) is 0 Å². The number of aliphatic hydroxyl groups is 1. The molecule has 33 heavy (non-hydrogen) atoms. The van der Waals surface area contributed by atoms with E-state index in [1.807, 2.05) is 42.5 Å². The zero-order valence-corrected chi connectivity index (χ0v) is 20.8. The van der Waals surface area contributed by atoms with Crippen LogP contribution in [0.1, 0.15) is 24.2 Å². The third-order valence-electron chi connectivity index (χ3n) is 5.79. The van der Waals surface area contributed by atoms with E-state index in [2.05, 4.69) is 15.9 Å². The van der Waals surface area contributed by atoms with Gasteiger partial charge in [-0.3, -0.25) is 4.79 Å².